The molecule has 16 heavy (non-hydrogen) atoms. The zero-order valence-corrected chi connectivity index (χ0v) is 10.2. The van der Waals surface area contributed by atoms with Gasteiger partial charge in [-0.25, -0.2) is 0 Å². The van der Waals surface area contributed by atoms with E-state index in [0.717, 1.165) is 5.69 Å². The number of aromatic amines is 1. The lowest BCUT2D eigenvalue weighted by Gasteiger charge is -2.09. The molecule has 1 heterocycles. The highest BCUT2D eigenvalue weighted by atomic mass is 32.2. The number of nitrogen functional groups attached to an aromatic ring is 1. The van der Waals surface area contributed by atoms with Crippen molar-refractivity contribution in [2.75, 3.05) is 12.0 Å². The summed E-state index contributed by atoms with van der Waals surface area (Å²) in [7, 11) is 0. The summed E-state index contributed by atoms with van der Waals surface area (Å²) in [6.45, 7) is 2.14. The number of H-pyrrole nitrogens is 1. The molecule has 1 aromatic carbocycles. The van der Waals surface area contributed by atoms with Crippen LogP contribution in [0.15, 0.2) is 35.2 Å². The van der Waals surface area contributed by atoms with Gasteiger partial charge in [0.2, 0.25) is 0 Å². The van der Waals surface area contributed by atoms with E-state index in [-0.39, 0.29) is 0 Å². The Morgan fingerprint density at radius 1 is 1.31 bits per heavy atom. The number of benzene rings is 1. The molecule has 2 aromatic rings. The fourth-order valence-corrected chi connectivity index (χ4v) is 2.06. The van der Waals surface area contributed by atoms with E-state index in [0.29, 0.717) is 11.7 Å². The molecular weight excluding hydrogens is 218 g/mol. The van der Waals surface area contributed by atoms with E-state index in [9.17, 15) is 0 Å². The van der Waals surface area contributed by atoms with Gasteiger partial charge in [-0.2, -0.15) is 5.10 Å². The third-order valence-electron chi connectivity index (χ3n) is 2.70. The molecule has 3 nitrogen and oxygen atoms in total. The van der Waals surface area contributed by atoms with Crippen LogP contribution in [0.25, 0.3) is 0 Å². The first-order chi connectivity index (χ1) is 7.70. The molecule has 0 aliphatic heterocycles. The summed E-state index contributed by atoms with van der Waals surface area (Å²) in [6.07, 6.45) is 2.08. The first-order valence-electron chi connectivity index (χ1n) is 5.15. The maximum Gasteiger partial charge on any atom is 0.145 e. The third kappa shape index (κ3) is 2.22. The monoisotopic (exact) mass is 233 g/mol. The lowest BCUT2D eigenvalue weighted by Crippen LogP contribution is -1.96. The minimum absolute atomic E-state index is 0.292. The molecule has 0 aliphatic rings. The van der Waals surface area contributed by atoms with Crippen molar-refractivity contribution in [1.82, 2.24) is 10.2 Å². The Kier molecular flexibility index (Phi) is 3.19. The molecule has 0 saturated heterocycles. The van der Waals surface area contributed by atoms with Crippen molar-refractivity contribution in [2.45, 2.75) is 17.7 Å². The summed E-state index contributed by atoms with van der Waals surface area (Å²) < 4.78 is 0. The smallest absolute Gasteiger partial charge is 0.145 e. The van der Waals surface area contributed by atoms with E-state index in [1.807, 2.05) is 6.07 Å². The second-order valence-corrected chi connectivity index (χ2v) is 4.62. The van der Waals surface area contributed by atoms with E-state index >= 15 is 0 Å². The number of hydrogen-bond acceptors (Lipinski definition) is 3. The van der Waals surface area contributed by atoms with Crippen LogP contribution >= 0.6 is 11.8 Å². The summed E-state index contributed by atoms with van der Waals surface area (Å²) in [4.78, 5) is 1.28. The number of nitrogens with zero attached hydrogens (tertiary/aromatic N) is 1. The van der Waals surface area contributed by atoms with Gasteiger partial charge in [0.15, 0.2) is 0 Å². The molecule has 0 saturated carbocycles. The van der Waals surface area contributed by atoms with Gasteiger partial charge in [0.1, 0.15) is 5.82 Å². The van der Waals surface area contributed by atoms with Crippen molar-refractivity contribution < 1.29 is 0 Å². The summed E-state index contributed by atoms with van der Waals surface area (Å²) in [5.74, 6) is 0.836. The summed E-state index contributed by atoms with van der Waals surface area (Å²) in [5.41, 5.74) is 7.91. The van der Waals surface area contributed by atoms with Gasteiger partial charge in [0.05, 0.1) is 0 Å². The van der Waals surface area contributed by atoms with Gasteiger partial charge >= 0.3 is 0 Å². The highest BCUT2D eigenvalue weighted by Gasteiger charge is 2.10. The molecule has 0 spiro atoms. The Hall–Kier alpha value is -1.42. The van der Waals surface area contributed by atoms with Gasteiger partial charge in [0.25, 0.3) is 0 Å². The molecule has 1 aromatic heterocycles. The molecule has 0 aliphatic carbocycles. The van der Waals surface area contributed by atoms with Crippen molar-refractivity contribution in [1.29, 1.82) is 0 Å². The Balaban J connectivity index is 2.23. The highest BCUT2D eigenvalue weighted by molar-refractivity contribution is 7.98. The maximum absolute atomic E-state index is 5.59. The van der Waals surface area contributed by atoms with Crippen molar-refractivity contribution in [3.8, 4) is 0 Å². The van der Waals surface area contributed by atoms with E-state index in [1.165, 1.54) is 10.5 Å². The maximum atomic E-state index is 5.59. The predicted octanol–water partition coefficient (Wildman–Crippen LogP) is 2.87. The predicted molar refractivity (Wildman–Crippen MR) is 68.7 cm³/mol. The summed E-state index contributed by atoms with van der Waals surface area (Å²) in [5, 5.41) is 6.90. The van der Waals surface area contributed by atoms with Gasteiger partial charge in [-0.3, -0.25) is 5.10 Å². The van der Waals surface area contributed by atoms with Gasteiger partial charge < -0.3 is 5.73 Å². The number of nitrogens with one attached hydrogen (secondary N) is 1. The third-order valence-corrected chi connectivity index (χ3v) is 3.44. The minimum atomic E-state index is 0.292. The van der Waals surface area contributed by atoms with Crippen LogP contribution in [0, 0.1) is 0 Å². The topological polar surface area (TPSA) is 54.7 Å². The fourth-order valence-electron chi connectivity index (χ4n) is 1.65. The standard InChI is InChI=1S/C12H15N3S/c1-8(11-7-12(13)15-14-11)9-3-5-10(16-2)6-4-9/h3-8H,1-2H3,(H3,13,14,15). The normalized spacial score (nSPS) is 12.6. The van der Waals surface area contributed by atoms with Crippen LogP contribution in [0.1, 0.15) is 24.1 Å². The quantitative estimate of drug-likeness (QED) is 0.801. The first kappa shape index (κ1) is 11.1. The van der Waals surface area contributed by atoms with Gasteiger partial charge in [0, 0.05) is 22.6 Å². The molecule has 2 rings (SSSR count). The molecule has 4 heteroatoms. The molecule has 84 valence electrons. The number of aromatic nitrogens is 2. The number of anilines is 1. The van der Waals surface area contributed by atoms with E-state index in [2.05, 4.69) is 47.6 Å². The zero-order valence-electron chi connectivity index (χ0n) is 9.40. The Morgan fingerprint density at radius 3 is 2.50 bits per heavy atom. The first-order valence-corrected chi connectivity index (χ1v) is 6.38. The van der Waals surface area contributed by atoms with Crippen LogP contribution in [0.4, 0.5) is 5.82 Å². The van der Waals surface area contributed by atoms with Crippen LogP contribution in [0.3, 0.4) is 0 Å². The second-order valence-electron chi connectivity index (χ2n) is 3.74. The van der Waals surface area contributed by atoms with E-state index in [4.69, 9.17) is 5.73 Å². The molecule has 0 amide bonds. The Bertz CT molecular complexity index is 461. The summed E-state index contributed by atoms with van der Waals surface area (Å²) in [6, 6.07) is 10.4. The zero-order chi connectivity index (χ0) is 11.5. The number of rotatable bonds is 3. The average Bonchev–Trinajstić information content (AvgIpc) is 2.75. The molecule has 3 N–H and O–H groups in total. The average molecular weight is 233 g/mol. The van der Waals surface area contributed by atoms with Crippen molar-refractivity contribution in [3.63, 3.8) is 0 Å². The number of thioether (sulfide) groups is 1. The molecule has 1 atom stereocenters. The van der Waals surface area contributed by atoms with Crippen LogP contribution in [0.5, 0.6) is 0 Å². The second kappa shape index (κ2) is 4.61. The van der Waals surface area contributed by atoms with Crippen LogP contribution in [0.2, 0.25) is 0 Å². The molecule has 0 fully saturated rings. The van der Waals surface area contributed by atoms with Crippen LogP contribution in [-0.4, -0.2) is 16.5 Å². The Labute approximate surface area is 99.4 Å². The van der Waals surface area contributed by atoms with Crippen molar-refractivity contribution in [3.05, 3.63) is 41.6 Å². The van der Waals surface area contributed by atoms with Crippen molar-refractivity contribution in [2.24, 2.45) is 0 Å². The van der Waals surface area contributed by atoms with Crippen LogP contribution < -0.4 is 5.73 Å². The van der Waals surface area contributed by atoms with Gasteiger partial charge in [-0.1, -0.05) is 19.1 Å². The lowest BCUT2D eigenvalue weighted by atomic mass is 9.98. The van der Waals surface area contributed by atoms with Crippen LogP contribution in [-0.2, 0) is 0 Å². The van der Waals surface area contributed by atoms with Gasteiger partial charge in [-0.15, -0.1) is 11.8 Å². The summed E-state index contributed by atoms with van der Waals surface area (Å²) >= 11 is 1.75. The molecule has 0 radical (unpaired) electrons. The van der Waals surface area contributed by atoms with Gasteiger partial charge in [-0.05, 0) is 24.0 Å². The largest absolute Gasteiger partial charge is 0.382 e. The fraction of sp³-hybridized carbons (Fsp3) is 0.250. The lowest BCUT2D eigenvalue weighted by molar-refractivity contribution is 0.853. The number of nitrogens with two attached hydrogens (primary N) is 1. The minimum Gasteiger partial charge on any atom is -0.382 e. The van der Waals surface area contributed by atoms with Crippen molar-refractivity contribution >= 4 is 17.6 Å². The molecular formula is C12H15N3S. The SMILES string of the molecule is CSc1ccc(C(C)c2cc(N)n[nH]2)cc1. The van der Waals surface area contributed by atoms with E-state index < -0.39 is 0 Å². The Morgan fingerprint density at radius 2 is 2.00 bits per heavy atom. The highest BCUT2D eigenvalue weighted by Crippen LogP contribution is 2.25. The van der Waals surface area contributed by atoms with E-state index in [1.54, 1.807) is 11.8 Å². The number of hydrogen-bond donors (Lipinski definition) is 2. The molecule has 1 unspecified atom stereocenters. The molecule has 0 bridgehead atoms.